The minimum atomic E-state index is 0.700. The van der Waals surface area contributed by atoms with Crippen LogP contribution in [0.4, 0.5) is 5.82 Å². The van der Waals surface area contributed by atoms with Gasteiger partial charge in [-0.15, -0.1) is 0 Å². The highest BCUT2D eigenvalue weighted by Crippen LogP contribution is 2.35. The zero-order valence-electron chi connectivity index (χ0n) is 10.6. The van der Waals surface area contributed by atoms with E-state index in [1.807, 2.05) is 18.2 Å². The van der Waals surface area contributed by atoms with E-state index in [1.165, 1.54) is 6.33 Å². The van der Waals surface area contributed by atoms with Gasteiger partial charge in [-0.25, -0.2) is 15.8 Å². The molecule has 4 nitrogen and oxygen atoms in total. The molecule has 0 saturated carbocycles. The molecule has 0 saturated heterocycles. The summed E-state index contributed by atoms with van der Waals surface area (Å²) in [5.74, 6) is 6.21. The number of anilines is 1. The summed E-state index contributed by atoms with van der Waals surface area (Å²) in [7, 11) is 0. The van der Waals surface area contributed by atoms with Crippen molar-refractivity contribution >= 4 is 33.5 Å². The Morgan fingerprint density at radius 3 is 2.79 bits per heavy atom. The van der Waals surface area contributed by atoms with Crippen molar-refractivity contribution in [3.8, 4) is 0 Å². The molecule has 1 heterocycles. The lowest BCUT2D eigenvalue weighted by molar-refractivity contribution is 0.856. The van der Waals surface area contributed by atoms with Crippen LogP contribution in [0.2, 0.25) is 0 Å². The maximum absolute atomic E-state index is 5.51. The van der Waals surface area contributed by atoms with Gasteiger partial charge in [-0.2, -0.15) is 0 Å². The number of nitrogens with two attached hydrogens (primary N) is 1. The molecular weight excluding hydrogens is 324 g/mol. The number of nitrogen functional groups attached to an aromatic ring is 1. The van der Waals surface area contributed by atoms with Crippen LogP contribution in [0.1, 0.15) is 18.9 Å². The number of hydrogen-bond acceptors (Lipinski definition) is 5. The van der Waals surface area contributed by atoms with Gasteiger partial charge in [-0.05, 0) is 34.5 Å². The number of aromatic nitrogens is 2. The van der Waals surface area contributed by atoms with Crippen LogP contribution in [0.15, 0.2) is 45.0 Å². The van der Waals surface area contributed by atoms with E-state index in [0.717, 1.165) is 32.8 Å². The minimum Gasteiger partial charge on any atom is -0.308 e. The number of rotatable bonds is 5. The standard InChI is InChI=1S/C13H15BrN4S/c1-2-5-9-12(18-15)16-8-17-13(9)19-11-7-4-3-6-10(11)14/h3-4,6-8H,2,5,15H2,1H3,(H,16,17,18). The van der Waals surface area contributed by atoms with Gasteiger partial charge in [0.05, 0.1) is 0 Å². The molecule has 2 aromatic rings. The van der Waals surface area contributed by atoms with Crippen molar-refractivity contribution in [3.63, 3.8) is 0 Å². The SMILES string of the molecule is CCCc1c(NN)ncnc1Sc1ccccc1Br. The zero-order valence-corrected chi connectivity index (χ0v) is 13.0. The number of halogens is 1. The summed E-state index contributed by atoms with van der Waals surface area (Å²) in [6.07, 6.45) is 3.45. The van der Waals surface area contributed by atoms with Gasteiger partial charge in [-0.3, -0.25) is 0 Å². The van der Waals surface area contributed by atoms with E-state index in [2.05, 4.69) is 44.3 Å². The van der Waals surface area contributed by atoms with Gasteiger partial charge in [0, 0.05) is 14.9 Å². The third-order valence-electron chi connectivity index (χ3n) is 2.59. The first-order valence-electron chi connectivity index (χ1n) is 5.99. The molecule has 1 aromatic heterocycles. The maximum Gasteiger partial charge on any atom is 0.147 e. The second-order valence-electron chi connectivity index (χ2n) is 3.93. The van der Waals surface area contributed by atoms with E-state index in [1.54, 1.807) is 11.8 Å². The number of nitrogens with zero attached hydrogens (tertiary/aromatic N) is 2. The predicted molar refractivity (Wildman–Crippen MR) is 82.1 cm³/mol. The van der Waals surface area contributed by atoms with Crippen molar-refractivity contribution in [2.75, 3.05) is 5.43 Å². The monoisotopic (exact) mass is 338 g/mol. The van der Waals surface area contributed by atoms with Crippen molar-refractivity contribution in [3.05, 3.63) is 40.6 Å². The summed E-state index contributed by atoms with van der Waals surface area (Å²) < 4.78 is 1.06. The fraction of sp³-hybridized carbons (Fsp3) is 0.231. The molecule has 100 valence electrons. The molecule has 0 atom stereocenters. The Balaban J connectivity index is 2.37. The van der Waals surface area contributed by atoms with Crippen molar-refractivity contribution in [2.24, 2.45) is 5.84 Å². The third kappa shape index (κ3) is 3.46. The highest BCUT2D eigenvalue weighted by atomic mass is 79.9. The average molecular weight is 339 g/mol. The number of nitrogens with one attached hydrogen (secondary N) is 1. The van der Waals surface area contributed by atoms with E-state index < -0.39 is 0 Å². The summed E-state index contributed by atoms with van der Waals surface area (Å²) >= 11 is 5.17. The Labute approximate surface area is 125 Å². The zero-order chi connectivity index (χ0) is 13.7. The summed E-state index contributed by atoms with van der Waals surface area (Å²) in [6.45, 7) is 2.13. The van der Waals surface area contributed by atoms with Gasteiger partial charge < -0.3 is 5.43 Å². The second-order valence-corrected chi connectivity index (χ2v) is 5.82. The molecule has 19 heavy (non-hydrogen) atoms. The summed E-state index contributed by atoms with van der Waals surface area (Å²) in [6, 6.07) is 8.08. The van der Waals surface area contributed by atoms with E-state index in [4.69, 9.17) is 5.84 Å². The molecule has 0 spiro atoms. The Morgan fingerprint density at radius 1 is 1.32 bits per heavy atom. The van der Waals surface area contributed by atoms with Crippen molar-refractivity contribution in [1.82, 2.24) is 9.97 Å². The Kier molecular flexibility index (Phi) is 5.18. The molecule has 0 unspecified atom stereocenters. The second kappa shape index (κ2) is 6.88. The first-order valence-corrected chi connectivity index (χ1v) is 7.60. The molecule has 0 bridgehead atoms. The Morgan fingerprint density at radius 2 is 2.11 bits per heavy atom. The van der Waals surface area contributed by atoms with Gasteiger partial charge in [0.1, 0.15) is 17.2 Å². The molecule has 0 aliphatic carbocycles. The van der Waals surface area contributed by atoms with E-state index in [9.17, 15) is 0 Å². The fourth-order valence-electron chi connectivity index (χ4n) is 1.72. The van der Waals surface area contributed by atoms with Crippen LogP contribution < -0.4 is 11.3 Å². The smallest absolute Gasteiger partial charge is 0.147 e. The third-order valence-corrected chi connectivity index (χ3v) is 4.66. The molecule has 0 amide bonds. The molecule has 0 aliphatic heterocycles. The molecule has 0 fully saturated rings. The van der Waals surface area contributed by atoms with Gasteiger partial charge in [0.2, 0.25) is 0 Å². The van der Waals surface area contributed by atoms with Crippen LogP contribution in [0.5, 0.6) is 0 Å². The van der Waals surface area contributed by atoms with E-state index >= 15 is 0 Å². The normalized spacial score (nSPS) is 10.5. The summed E-state index contributed by atoms with van der Waals surface area (Å²) in [4.78, 5) is 9.67. The first-order chi connectivity index (χ1) is 9.26. The maximum atomic E-state index is 5.51. The largest absolute Gasteiger partial charge is 0.308 e. The lowest BCUT2D eigenvalue weighted by Crippen LogP contribution is -2.12. The molecule has 0 radical (unpaired) electrons. The lowest BCUT2D eigenvalue weighted by atomic mass is 10.2. The van der Waals surface area contributed by atoms with Crippen LogP contribution in [0.25, 0.3) is 0 Å². The topological polar surface area (TPSA) is 63.8 Å². The quantitative estimate of drug-likeness (QED) is 0.495. The average Bonchev–Trinajstić information content (AvgIpc) is 2.43. The lowest BCUT2D eigenvalue weighted by Gasteiger charge is -2.11. The summed E-state index contributed by atoms with van der Waals surface area (Å²) in [5.41, 5.74) is 3.71. The van der Waals surface area contributed by atoms with Gasteiger partial charge in [0.25, 0.3) is 0 Å². The molecule has 3 N–H and O–H groups in total. The van der Waals surface area contributed by atoms with Crippen LogP contribution in [0, 0.1) is 0 Å². The predicted octanol–water partition coefficient (Wildman–Crippen LogP) is 3.63. The molecule has 1 aromatic carbocycles. The highest BCUT2D eigenvalue weighted by molar-refractivity contribution is 9.10. The van der Waals surface area contributed by atoms with Crippen molar-refractivity contribution in [1.29, 1.82) is 0 Å². The van der Waals surface area contributed by atoms with Gasteiger partial charge >= 0.3 is 0 Å². The fourth-order valence-corrected chi connectivity index (χ4v) is 3.19. The van der Waals surface area contributed by atoms with Crippen LogP contribution >= 0.6 is 27.7 Å². The number of hydrogen-bond donors (Lipinski definition) is 2. The highest BCUT2D eigenvalue weighted by Gasteiger charge is 2.12. The van der Waals surface area contributed by atoms with Crippen molar-refractivity contribution < 1.29 is 0 Å². The van der Waals surface area contributed by atoms with Crippen LogP contribution in [-0.2, 0) is 6.42 Å². The van der Waals surface area contributed by atoms with E-state index in [0.29, 0.717) is 5.82 Å². The molecule has 6 heteroatoms. The van der Waals surface area contributed by atoms with Gasteiger partial charge in [-0.1, -0.05) is 37.2 Å². The van der Waals surface area contributed by atoms with E-state index in [-0.39, 0.29) is 0 Å². The number of benzene rings is 1. The Hall–Kier alpha value is -1.11. The number of hydrazine groups is 1. The molecule has 0 aliphatic rings. The van der Waals surface area contributed by atoms with Crippen LogP contribution in [0.3, 0.4) is 0 Å². The van der Waals surface area contributed by atoms with Gasteiger partial charge in [0.15, 0.2) is 0 Å². The summed E-state index contributed by atoms with van der Waals surface area (Å²) in [5, 5.41) is 0.941. The Bertz CT molecular complexity index is 562. The minimum absolute atomic E-state index is 0.700. The van der Waals surface area contributed by atoms with Crippen LogP contribution in [-0.4, -0.2) is 9.97 Å². The molecule has 2 rings (SSSR count). The first kappa shape index (κ1) is 14.3. The van der Waals surface area contributed by atoms with Crippen molar-refractivity contribution in [2.45, 2.75) is 29.7 Å². The molecular formula is C13H15BrN4S.